The van der Waals surface area contributed by atoms with Crippen molar-refractivity contribution >= 4 is 24.2 Å². The van der Waals surface area contributed by atoms with Gasteiger partial charge in [0.25, 0.3) is 0 Å². The maximum absolute atomic E-state index is 12.7. The predicted molar refractivity (Wildman–Crippen MR) is 166 cm³/mol. The van der Waals surface area contributed by atoms with Crippen molar-refractivity contribution < 1.29 is 43.2 Å². The molecular formula is C33H45N3O9. The molecule has 1 fully saturated rings. The lowest BCUT2D eigenvalue weighted by Gasteiger charge is -2.32. The second-order valence-electron chi connectivity index (χ2n) is 12.0. The number of carboxylic acid groups (broad SMARTS) is 1. The second kappa shape index (κ2) is 17.1. The molecular weight excluding hydrogens is 582 g/mol. The predicted octanol–water partition coefficient (Wildman–Crippen LogP) is 5.41. The van der Waals surface area contributed by atoms with Gasteiger partial charge in [-0.2, -0.15) is 0 Å². The maximum Gasteiger partial charge on any atom is 0.409 e. The third-order valence-corrected chi connectivity index (χ3v) is 7.15. The fraction of sp³-hybridized carbons (Fsp3) is 0.515. The van der Waals surface area contributed by atoms with Crippen molar-refractivity contribution in [1.29, 1.82) is 0 Å². The molecule has 12 heteroatoms. The van der Waals surface area contributed by atoms with E-state index in [0.29, 0.717) is 32.0 Å². The fourth-order valence-electron chi connectivity index (χ4n) is 4.74. The second-order valence-corrected chi connectivity index (χ2v) is 12.0. The van der Waals surface area contributed by atoms with Gasteiger partial charge in [0.1, 0.15) is 24.0 Å². The van der Waals surface area contributed by atoms with Gasteiger partial charge >= 0.3 is 24.2 Å². The van der Waals surface area contributed by atoms with Crippen molar-refractivity contribution in [1.82, 2.24) is 15.5 Å². The van der Waals surface area contributed by atoms with E-state index in [4.69, 9.17) is 18.9 Å². The number of carbonyl (C=O) groups excluding carboxylic acids is 3. The Morgan fingerprint density at radius 2 is 1.78 bits per heavy atom. The number of aliphatic carboxylic acids is 1. The van der Waals surface area contributed by atoms with Gasteiger partial charge in [-0.3, -0.25) is 0 Å². The van der Waals surface area contributed by atoms with Gasteiger partial charge in [-0.05, 0) is 81.7 Å². The molecule has 1 aliphatic heterocycles. The number of nitrogens with one attached hydrogen (secondary N) is 2. The van der Waals surface area contributed by atoms with Crippen molar-refractivity contribution in [2.24, 2.45) is 5.92 Å². The number of amides is 3. The maximum atomic E-state index is 12.7. The Bertz CT molecular complexity index is 1280. The molecule has 0 radical (unpaired) electrons. The summed E-state index contributed by atoms with van der Waals surface area (Å²) in [6.45, 7) is 8.85. The summed E-state index contributed by atoms with van der Waals surface area (Å²) in [5.41, 5.74) is 2.08. The molecule has 1 unspecified atom stereocenters. The molecule has 45 heavy (non-hydrogen) atoms. The number of likely N-dealkylation sites (tertiary alicyclic amines) is 1. The van der Waals surface area contributed by atoms with E-state index in [1.807, 2.05) is 55.5 Å². The average molecular weight is 628 g/mol. The smallest absolute Gasteiger partial charge is 0.409 e. The first-order valence-corrected chi connectivity index (χ1v) is 15.2. The Morgan fingerprint density at radius 3 is 2.49 bits per heavy atom. The van der Waals surface area contributed by atoms with Gasteiger partial charge in [0, 0.05) is 26.1 Å². The van der Waals surface area contributed by atoms with Crippen LogP contribution < -0.4 is 15.4 Å². The molecule has 3 N–H and O–H groups in total. The first-order chi connectivity index (χ1) is 21.4. The molecule has 1 heterocycles. The molecule has 1 aliphatic rings. The van der Waals surface area contributed by atoms with Crippen LogP contribution in [0.5, 0.6) is 5.75 Å². The monoisotopic (exact) mass is 627 g/mol. The molecule has 0 aliphatic carbocycles. The van der Waals surface area contributed by atoms with E-state index in [2.05, 4.69) is 10.6 Å². The summed E-state index contributed by atoms with van der Waals surface area (Å²) in [6.07, 6.45) is 0.552. The molecule has 3 amide bonds. The number of aryl methyl sites for hydroxylation is 1. The minimum atomic E-state index is -1.24. The van der Waals surface area contributed by atoms with Gasteiger partial charge in [0.15, 0.2) is 0 Å². The average Bonchev–Trinajstić information content (AvgIpc) is 2.99. The third-order valence-electron chi connectivity index (χ3n) is 7.15. The number of nitrogens with zero attached hydrogens (tertiary/aromatic N) is 1. The van der Waals surface area contributed by atoms with E-state index in [9.17, 15) is 24.3 Å². The molecule has 1 saturated heterocycles. The zero-order valence-corrected chi connectivity index (χ0v) is 26.5. The third kappa shape index (κ3) is 13.0. The number of rotatable bonds is 13. The normalized spacial score (nSPS) is 15.4. The van der Waals surface area contributed by atoms with Crippen molar-refractivity contribution in [3.05, 3.63) is 65.2 Å². The number of piperidine rings is 1. The van der Waals surface area contributed by atoms with Crippen molar-refractivity contribution in [2.45, 2.75) is 78.2 Å². The number of hydrogen-bond donors (Lipinski definition) is 3. The van der Waals surface area contributed by atoms with Crippen LogP contribution in [-0.4, -0.2) is 72.2 Å². The topological polar surface area (TPSA) is 153 Å². The highest BCUT2D eigenvalue weighted by Crippen LogP contribution is 2.22. The molecule has 246 valence electrons. The summed E-state index contributed by atoms with van der Waals surface area (Å²) in [6, 6.07) is 14.0. The van der Waals surface area contributed by atoms with Crippen molar-refractivity contribution in [3.8, 4) is 5.75 Å². The zero-order chi connectivity index (χ0) is 32.8. The quantitative estimate of drug-likeness (QED) is 0.248. The van der Waals surface area contributed by atoms with Gasteiger partial charge in [0.2, 0.25) is 0 Å². The van der Waals surface area contributed by atoms with Crippen LogP contribution >= 0.6 is 0 Å². The summed E-state index contributed by atoms with van der Waals surface area (Å²) < 4.78 is 21.7. The summed E-state index contributed by atoms with van der Waals surface area (Å²) in [7, 11) is 0. The molecule has 2 atom stereocenters. The highest BCUT2D eigenvalue weighted by Gasteiger charge is 2.27. The molecule has 0 saturated carbocycles. The fourth-order valence-corrected chi connectivity index (χ4v) is 4.74. The van der Waals surface area contributed by atoms with Crippen LogP contribution in [0.1, 0.15) is 63.1 Å². The summed E-state index contributed by atoms with van der Waals surface area (Å²) >= 11 is 0. The van der Waals surface area contributed by atoms with E-state index in [0.717, 1.165) is 36.0 Å². The Morgan fingerprint density at radius 1 is 1.02 bits per heavy atom. The van der Waals surface area contributed by atoms with Crippen LogP contribution in [0, 0.1) is 12.8 Å². The number of alkyl carbamates (subject to hydrolysis) is 2. The molecule has 0 aromatic heterocycles. The van der Waals surface area contributed by atoms with Gasteiger partial charge in [-0.15, -0.1) is 0 Å². The number of hydrogen-bond acceptors (Lipinski definition) is 8. The first-order valence-electron chi connectivity index (χ1n) is 15.2. The van der Waals surface area contributed by atoms with Gasteiger partial charge in [-0.25, -0.2) is 19.2 Å². The van der Waals surface area contributed by atoms with E-state index in [1.165, 1.54) is 0 Å². The van der Waals surface area contributed by atoms with E-state index in [-0.39, 0.29) is 25.6 Å². The van der Waals surface area contributed by atoms with Gasteiger partial charge in [-0.1, -0.05) is 36.4 Å². The zero-order valence-electron chi connectivity index (χ0n) is 26.5. The minimum Gasteiger partial charge on any atom is -0.494 e. The molecule has 0 spiro atoms. The number of carbonyl (C=O) groups is 4. The van der Waals surface area contributed by atoms with Crippen LogP contribution in [-0.2, 0) is 32.2 Å². The highest BCUT2D eigenvalue weighted by molar-refractivity contribution is 5.80. The standard InChI is InChI=1S/C33H45N3O9/c1-23-12-13-27(19-26(23)20-34-30(39)44-22-25-9-6-5-7-10-25)42-17-14-24-11-8-16-36(21-24)32(41)43-18-15-28(29(37)38)35-31(40)45-33(2,3)4/h5-7,9-10,12-13,19,24,28H,8,11,14-18,20-22H2,1-4H3,(H,34,39)(H,35,40)(H,37,38)/t24?,28-/m0/s1. The number of ether oxygens (including phenoxy) is 4. The van der Waals surface area contributed by atoms with Crippen molar-refractivity contribution in [3.63, 3.8) is 0 Å². The van der Waals surface area contributed by atoms with Gasteiger partial charge < -0.3 is 39.6 Å². The summed E-state index contributed by atoms with van der Waals surface area (Å²) in [4.78, 5) is 49.9. The van der Waals surface area contributed by atoms with E-state index >= 15 is 0 Å². The first kappa shape index (κ1) is 35.0. The van der Waals surface area contributed by atoms with Gasteiger partial charge in [0.05, 0.1) is 13.2 Å². The van der Waals surface area contributed by atoms with E-state index in [1.54, 1.807) is 25.7 Å². The van der Waals surface area contributed by atoms with Crippen molar-refractivity contribution in [2.75, 3.05) is 26.3 Å². The number of benzene rings is 2. The Balaban J connectivity index is 1.38. The lowest BCUT2D eigenvalue weighted by Crippen LogP contribution is -2.44. The minimum absolute atomic E-state index is 0.0889. The van der Waals surface area contributed by atoms with Crippen LogP contribution in [0.25, 0.3) is 0 Å². The molecule has 0 bridgehead atoms. The largest absolute Gasteiger partial charge is 0.494 e. The van der Waals surface area contributed by atoms with Crippen LogP contribution in [0.4, 0.5) is 14.4 Å². The Labute approximate surface area is 264 Å². The van der Waals surface area contributed by atoms with Crippen LogP contribution in [0.2, 0.25) is 0 Å². The van der Waals surface area contributed by atoms with Crippen LogP contribution in [0.3, 0.4) is 0 Å². The summed E-state index contributed by atoms with van der Waals surface area (Å²) in [5, 5.41) is 14.5. The van der Waals surface area contributed by atoms with Crippen LogP contribution in [0.15, 0.2) is 48.5 Å². The molecule has 2 aromatic carbocycles. The SMILES string of the molecule is Cc1ccc(OCCC2CCCN(C(=O)OCC[C@H](NC(=O)OC(C)(C)C)C(=O)O)C2)cc1CNC(=O)OCc1ccccc1. The molecule has 12 nitrogen and oxygen atoms in total. The number of carboxylic acids is 1. The molecule has 2 aromatic rings. The van der Waals surface area contributed by atoms with E-state index < -0.39 is 35.9 Å². The highest BCUT2D eigenvalue weighted by atomic mass is 16.6. The summed E-state index contributed by atoms with van der Waals surface area (Å²) in [5.74, 6) is -0.332. The lowest BCUT2D eigenvalue weighted by atomic mass is 9.95. The lowest BCUT2D eigenvalue weighted by molar-refractivity contribution is -0.140. The molecule has 3 rings (SSSR count). The Kier molecular flexibility index (Phi) is 13.3. The Hall–Kier alpha value is -4.48.